The summed E-state index contributed by atoms with van der Waals surface area (Å²) in [5.41, 5.74) is 2.92. The van der Waals surface area contributed by atoms with Crippen LogP contribution in [0.2, 0.25) is 0 Å². The Kier molecular flexibility index (Phi) is 3.25. The Morgan fingerprint density at radius 2 is 2.20 bits per heavy atom. The highest BCUT2D eigenvalue weighted by Crippen LogP contribution is 2.24. The third-order valence-electron chi connectivity index (χ3n) is 1.70. The third kappa shape index (κ3) is 2.24. The van der Waals surface area contributed by atoms with Crippen LogP contribution in [0, 0.1) is 5.82 Å². The summed E-state index contributed by atoms with van der Waals surface area (Å²) in [6, 6.07) is 0.501. The number of nitrogens with two attached hydrogens (primary N) is 1. The van der Waals surface area contributed by atoms with Crippen LogP contribution in [-0.4, -0.2) is 16.1 Å². The maximum Gasteiger partial charge on any atom is 0.354 e. The SMILES string of the molecule is NCc1nc(C(=O)O)cc(C(F)F)c1F. The largest absolute Gasteiger partial charge is 0.477 e. The molecule has 82 valence electrons. The van der Waals surface area contributed by atoms with Gasteiger partial charge in [-0.25, -0.2) is 22.9 Å². The van der Waals surface area contributed by atoms with Crippen LogP contribution in [0.1, 0.15) is 28.2 Å². The van der Waals surface area contributed by atoms with E-state index in [0.29, 0.717) is 6.07 Å². The molecular weight excluding hydrogens is 213 g/mol. The first-order chi connectivity index (χ1) is 6.97. The maximum atomic E-state index is 13.2. The first-order valence-corrected chi connectivity index (χ1v) is 3.88. The first-order valence-electron chi connectivity index (χ1n) is 3.88. The number of aromatic nitrogens is 1. The summed E-state index contributed by atoms with van der Waals surface area (Å²) in [5, 5.41) is 8.53. The van der Waals surface area contributed by atoms with Crippen LogP contribution in [0.3, 0.4) is 0 Å². The van der Waals surface area contributed by atoms with E-state index in [4.69, 9.17) is 10.8 Å². The lowest BCUT2D eigenvalue weighted by atomic mass is 10.1. The van der Waals surface area contributed by atoms with Gasteiger partial charge in [0.1, 0.15) is 5.69 Å². The highest BCUT2D eigenvalue weighted by Gasteiger charge is 2.20. The van der Waals surface area contributed by atoms with Crippen molar-refractivity contribution in [2.24, 2.45) is 5.73 Å². The highest BCUT2D eigenvalue weighted by molar-refractivity contribution is 5.85. The van der Waals surface area contributed by atoms with Crippen molar-refractivity contribution in [3.8, 4) is 0 Å². The highest BCUT2D eigenvalue weighted by atomic mass is 19.3. The van der Waals surface area contributed by atoms with Crippen molar-refractivity contribution in [2.75, 3.05) is 0 Å². The van der Waals surface area contributed by atoms with Crippen LogP contribution >= 0.6 is 0 Å². The predicted octanol–water partition coefficient (Wildman–Crippen LogP) is 1.32. The van der Waals surface area contributed by atoms with E-state index in [1.807, 2.05) is 0 Å². The minimum Gasteiger partial charge on any atom is -0.477 e. The molecule has 0 amide bonds. The summed E-state index contributed by atoms with van der Waals surface area (Å²) in [7, 11) is 0. The number of alkyl halides is 2. The molecule has 0 aromatic carbocycles. The van der Waals surface area contributed by atoms with Crippen LogP contribution in [0.25, 0.3) is 0 Å². The molecule has 1 heterocycles. The molecule has 0 spiro atoms. The minimum absolute atomic E-state index is 0.438. The summed E-state index contributed by atoms with van der Waals surface area (Å²) in [6.07, 6.45) is -3.10. The van der Waals surface area contributed by atoms with Crippen molar-refractivity contribution in [1.82, 2.24) is 4.98 Å². The van der Waals surface area contributed by atoms with Crippen molar-refractivity contribution >= 4 is 5.97 Å². The zero-order valence-corrected chi connectivity index (χ0v) is 7.38. The van der Waals surface area contributed by atoms with Crippen LogP contribution in [0.4, 0.5) is 13.2 Å². The third-order valence-corrected chi connectivity index (χ3v) is 1.70. The fourth-order valence-corrected chi connectivity index (χ4v) is 1.01. The van der Waals surface area contributed by atoms with Gasteiger partial charge in [-0.3, -0.25) is 0 Å². The molecule has 0 aliphatic heterocycles. The molecule has 4 nitrogen and oxygen atoms in total. The van der Waals surface area contributed by atoms with Gasteiger partial charge in [-0.05, 0) is 6.07 Å². The molecule has 0 aliphatic rings. The van der Waals surface area contributed by atoms with Gasteiger partial charge >= 0.3 is 5.97 Å². The predicted molar refractivity (Wildman–Crippen MR) is 44.0 cm³/mol. The molecule has 0 radical (unpaired) electrons. The van der Waals surface area contributed by atoms with Crippen LogP contribution in [0.5, 0.6) is 0 Å². The Hall–Kier alpha value is -1.63. The topological polar surface area (TPSA) is 76.2 Å². The summed E-state index contributed by atoms with van der Waals surface area (Å²) in [5.74, 6) is -2.76. The molecule has 1 rings (SSSR count). The van der Waals surface area contributed by atoms with Gasteiger partial charge < -0.3 is 10.8 Å². The van der Waals surface area contributed by atoms with Crippen molar-refractivity contribution in [3.63, 3.8) is 0 Å². The smallest absolute Gasteiger partial charge is 0.354 e. The van der Waals surface area contributed by atoms with E-state index in [2.05, 4.69) is 4.98 Å². The Bertz CT molecular complexity index is 396. The minimum atomic E-state index is -3.10. The molecule has 0 saturated heterocycles. The van der Waals surface area contributed by atoms with Crippen LogP contribution in [-0.2, 0) is 6.54 Å². The fraction of sp³-hybridized carbons (Fsp3) is 0.250. The molecule has 1 aromatic rings. The number of aromatic carboxylic acids is 1. The van der Waals surface area contributed by atoms with E-state index < -0.39 is 41.7 Å². The average Bonchev–Trinajstić information content (AvgIpc) is 2.17. The molecule has 0 unspecified atom stereocenters. The molecule has 0 fully saturated rings. The van der Waals surface area contributed by atoms with Crippen molar-refractivity contribution in [2.45, 2.75) is 13.0 Å². The molecule has 0 atom stereocenters. The maximum absolute atomic E-state index is 13.2. The zero-order chi connectivity index (χ0) is 11.6. The Morgan fingerprint density at radius 3 is 2.60 bits per heavy atom. The van der Waals surface area contributed by atoms with Crippen LogP contribution < -0.4 is 5.73 Å². The number of halogens is 3. The second kappa shape index (κ2) is 4.26. The van der Waals surface area contributed by atoms with E-state index in [-0.39, 0.29) is 0 Å². The Balaban J connectivity index is 3.38. The summed E-state index contributed by atoms with van der Waals surface area (Å²) in [4.78, 5) is 13.8. The van der Waals surface area contributed by atoms with Crippen molar-refractivity contribution in [1.29, 1.82) is 0 Å². The quantitative estimate of drug-likeness (QED) is 0.805. The molecule has 0 saturated carbocycles. The Labute approximate surface area is 82.5 Å². The van der Waals surface area contributed by atoms with Crippen molar-refractivity contribution < 1.29 is 23.1 Å². The number of carboxylic acids is 1. The zero-order valence-electron chi connectivity index (χ0n) is 7.38. The van der Waals surface area contributed by atoms with Gasteiger partial charge in [0.25, 0.3) is 6.43 Å². The van der Waals surface area contributed by atoms with E-state index >= 15 is 0 Å². The lowest BCUT2D eigenvalue weighted by Gasteiger charge is -2.06. The standard InChI is InChI=1S/C8H7F3N2O2/c9-6-3(7(10)11)1-4(8(14)15)13-5(6)2-12/h1,7H,2,12H2,(H,14,15). The number of carbonyl (C=O) groups is 1. The number of hydrogen-bond acceptors (Lipinski definition) is 3. The molecule has 0 bridgehead atoms. The lowest BCUT2D eigenvalue weighted by Crippen LogP contribution is -2.11. The van der Waals surface area contributed by atoms with E-state index in [1.54, 1.807) is 0 Å². The van der Waals surface area contributed by atoms with E-state index in [0.717, 1.165) is 0 Å². The number of nitrogens with zero attached hydrogens (tertiary/aromatic N) is 1. The molecule has 3 N–H and O–H groups in total. The average molecular weight is 220 g/mol. The molecule has 7 heteroatoms. The van der Waals surface area contributed by atoms with Gasteiger partial charge in [0.2, 0.25) is 0 Å². The van der Waals surface area contributed by atoms with E-state index in [1.165, 1.54) is 0 Å². The number of carboxylic acid groups (broad SMARTS) is 1. The number of rotatable bonds is 3. The normalized spacial score (nSPS) is 10.7. The fourth-order valence-electron chi connectivity index (χ4n) is 1.01. The molecular formula is C8H7F3N2O2. The van der Waals surface area contributed by atoms with Crippen LogP contribution in [0.15, 0.2) is 6.07 Å². The van der Waals surface area contributed by atoms with Gasteiger partial charge in [-0.15, -0.1) is 0 Å². The number of hydrogen-bond donors (Lipinski definition) is 2. The van der Waals surface area contributed by atoms with Gasteiger partial charge in [-0.1, -0.05) is 0 Å². The second-order valence-electron chi connectivity index (χ2n) is 2.67. The summed E-state index contributed by atoms with van der Waals surface area (Å²) >= 11 is 0. The van der Waals surface area contributed by atoms with Crippen molar-refractivity contribution in [3.05, 3.63) is 28.8 Å². The first kappa shape index (κ1) is 11.4. The monoisotopic (exact) mass is 220 g/mol. The lowest BCUT2D eigenvalue weighted by molar-refractivity contribution is 0.0689. The molecule has 0 aliphatic carbocycles. The molecule has 15 heavy (non-hydrogen) atoms. The van der Waals surface area contributed by atoms with Gasteiger partial charge in [-0.2, -0.15) is 0 Å². The number of pyridine rings is 1. The molecule has 1 aromatic heterocycles. The summed E-state index contributed by atoms with van der Waals surface area (Å²) in [6.45, 7) is -0.438. The van der Waals surface area contributed by atoms with Gasteiger partial charge in [0.15, 0.2) is 5.82 Å². The Morgan fingerprint density at radius 1 is 1.60 bits per heavy atom. The summed E-state index contributed by atoms with van der Waals surface area (Å²) < 4.78 is 37.7. The second-order valence-corrected chi connectivity index (χ2v) is 2.67. The van der Waals surface area contributed by atoms with Gasteiger partial charge in [0, 0.05) is 6.54 Å². The van der Waals surface area contributed by atoms with Gasteiger partial charge in [0.05, 0.1) is 11.3 Å². The van der Waals surface area contributed by atoms with E-state index in [9.17, 15) is 18.0 Å².